The van der Waals surface area contributed by atoms with E-state index in [1.54, 1.807) is 42.5 Å². The first kappa shape index (κ1) is 20.6. The van der Waals surface area contributed by atoms with Gasteiger partial charge in [0.15, 0.2) is 11.0 Å². The summed E-state index contributed by atoms with van der Waals surface area (Å²) in [5.41, 5.74) is 1.24. The summed E-state index contributed by atoms with van der Waals surface area (Å²) < 4.78 is 16.1. The Hall–Kier alpha value is -3.18. The average Bonchev–Trinajstić information content (AvgIpc) is 3.09. The molecule has 0 fully saturated rings. The zero-order chi connectivity index (χ0) is 20.8. The third-order valence-corrected chi connectivity index (χ3v) is 5.00. The van der Waals surface area contributed by atoms with Crippen LogP contribution in [0, 0.1) is 23.1 Å². The van der Waals surface area contributed by atoms with E-state index in [2.05, 4.69) is 15.5 Å². The second-order valence-electron chi connectivity index (χ2n) is 6.78. The number of benzene rings is 2. The number of amides is 1. The van der Waals surface area contributed by atoms with Crippen LogP contribution in [0.1, 0.15) is 19.4 Å². The molecule has 2 aromatic carbocycles. The fourth-order valence-corrected chi connectivity index (χ4v) is 3.52. The molecule has 1 aromatic heterocycles. The first-order valence-electron chi connectivity index (χ1n) is 9.09. The van der Waals surface area contributed by atoms with Gasteiger partial charge in [-0.3, -0.25) is 4.79 Å². The van der Waals surface area contributed by atoms with Gasteiger partial charge in [0.1, 0.15) is 11.9 Å². The predicted molar refractivity (Wildman–Crippen MR) is 111 cm³/mol. The average molecular weight is 409 g/mol. The van der Waals surface area contributed by atoms with Crippen LogP contribution in [0.3, 0.4) is 0 Å². The molecule has 0 bridgehead atoms. The van der Waals surface area contributed by atoms with Crippen LogP contribution in [-0.4, -0.2) is 26.4 Å². The largest absolute Gasteiger partial charge is 0.324 e. The van der Waals surface area contributed by atoms with Crippen molar-refractivity contribution in [3.05, 3.63) is 59.9 Å². The van der Waals surface area contributed by atoms with Crippen LogP contribution in [0.5, 0.6) is 0 Å². The normalized spacial score (nSPS) is 10.7. The van der Waals surface area contributed by atoms with Crippen molar-refractivity contribution in [2.75, 3.05) is 11.1 Å². The minimum Gasteiger partial charge on any atom is -0.324 e. The van der Waals surface area contributed by atoms with Gasteiger partial charge in [-0.1, -0.05) is 49.9 Å². The highest BCUT2D eigenvalue weighted by atomic mass is 32.2. The monoisotopic (exact) mass is 409 g/mol. The number of halogens is 1. The third-order valence-electron chi connectivity index (χ3n) is 4.03. The van der Waals surface area contributed by atoms with Crippen LogP contribution < -0.4 is 5.32 Å². The highest BCUT2D eigenvalue weighted by Crippen LogP contribution is 2.27. The molecule has 0 unspecified atom stereocenters. The Kier molecular flexibility index (Phi) is 6.62. The van der Waals surface area contributed by atoms with Gasteiger partial charge in [0, 0.05) is 6.54 Å². The molecular weight excluding hydrogens is 389 g/mol. The van der Waals surface area contributed by atoms with Gasteiger partial charge >= 0.3 is 0 Å². The number of hydrogen-bond acceptors (Lipinski definition) is 5. The van der Waals surface area contributed by atoms with Crippen LogP contribution in [0.15, 0.2) is 53.7 Å². The van der Waals surface area contributed by atoms with Crippen molar-refractivity contribution in [3.8, 4) is 17.5 Å². The van der Waals surface area contributed by atoms with Gasteiger partial charge in [-0.05, 0) is 30.2 Å². The van der Waals surface area contributed by atoms with Gasteiger partial charge in [0.05, 0.1) is 22.6 Å². The summed E-state index contributed by atoms with van der Waals surface area (Å²) in [6.45, 7) is 4.69. The van der Waals surface area contributed by atoms with Gasteiger partial charge in [0.25, 0.3) is 0 Å². The fraction of sp³-hybridized carbons (Fsp3) is 0.238. The molecule has 6 nitrogen and oxygen atoms in total. The number of rotatable bonds is 7. The minimum atomic E-state index is -0.368. The number of nitrogens with zero attached hydrogens (tertiary/aromatic N) is 4. The molecule has 1 heterocycles. The molecule has 0 spiro atoms. The van der Waals surface area contributed by atoms with E-state index < -0.39 is 0 Å². The Labute approximate surface area is 172 Å². The van der Waals surface area contributed by atoms with E-state index in [1.165, 1.54) is 17.8 Å². The SMILES string of the molecule is CC(C)Cn1c(SCC(=O)Nc2ccccc2C#N)nnc1-c1ccccc1F. The smallest absolute Gasteiger partial charge is 0.234 e. The summed E-state index contributed by atoms with van der Waals surface area (Å²) in [4.78, 5) is 12.4. The van der Waals surface area contributed by atoms with E-state index in [4.69, 9.17) is 5.26 Å². The van der Waals surface area contributed by atoms with Crippen molar-refractivity contribution in [2.24, 2.45) is 5.92 Å². The lowest BCUT2D eigenvalue weighted by Gasteiger charge is -2.13. The molecule has 0 aliphatic rings. The van der Waals surface area contributed by atoms with Crippen LogP contribution in [-0.2, 0) is 11.3 Å². The minimum absolute atomic E-state index is 0.0905. The van der Waals surface area contributed by atoms with E-state index in [1.807, 2.05) is 24.5 Å². The Morgan fingerprint density at radius 3 is 2.66 bits per heavy atom. The van der Waals surface area contributed by atoms with Gasteiger partial charge in [-0.15, -0.1) is 10.2 Å². The van der Waals surface area contributed by atoms with Crippen LogP contribution in [0.4, 0.5) is 10.1 Å². The first-order chi connectivity index (χ1) is 14.0. The summed E-state index contributed by atoms with van der Waals surface area (Å²) in [5.74, 6) is 0.186. The lowest BCUT2D eigenvalue weighted by atomic mass is 10.2. The number of nitrogens with one attached hydrogen (secondary N) is 1. The zero-order valence-electron chi connectivity index (χ0n) is 16.1. The number of carbonyl (C=O) groups excluding carboxylic acids is 1. The van der Waals surface area contributed by atoms with Crippen molar-refractivity contribution in [2.45, 2.75) is 25.5 Å². The Morgan fingerprint density at radius 1 is 1.21 bits per heavy atom. The zero-order valence-corrected chi connectivity index (χ0v) is 16.9. The molecule has 3 rings (SSSR count). The first-order valence-corrected chi connectivity index (χ1v) is 10.1. The topological polar surface area (TPSA) is 83.6 Å². The lowest BCUT2D eigenvalue weighted by Crippen LogP contribution is -2.16. The Balaban J connectivity index is 1.78. The van der Waals surface area contributed by atoms with Gasteiger partial charge in [0.2, 0.25) is 5.91 Å². The molecule has 1 N–H and O–H groups in total. The number of thioether (sulfide) groups is 1. The van der Waals surface area contributed by atoms with E-state index in [9.17, 15) is 9.18 Å². The third kappa shape index (κ3) is 5.00. The molecule has 29 heavy (non-hydrogen) atoms. The molecule has 0 aliphatic carbocycles. The maximum atomic E-state index is 14.3. The van der Waals surface area contributed by atoms with Crippen molar-refractivity contribution in [1.82, 2.24) is 14.8 Å². The van der Waals surface area contributed by atoms with Crippen LogP contribution in [0.25, 0.3) is 11.4 Å². The molecule has 3 aromatic rings. The fourth-order valence-electron chi connectivity index (χ4n) is 2.77. The van der Waals surface area contributed by atoms with E-state index in [0.717, 1.165) is 0 Å². The Morgan fingerprint density at radius 2 is 1.93 bits per heavy atom. The van der Waals surface area contributed by atoms with Crippen molar-refractivity contribution < 1.29 is 9.18 Å². The van der Waals surface area contributed by atoms with Gasteiger partial charge in [-0.2, -0.15) is 5.26 Å². The summed E-state index contributed by atoms with van der Waals surface area (Å²) >= 11 is 1.22. The molecular formula is C21H20FN5OS. The quantitative estimate of drug-likeness (QED) is 0.587. The molecule has 148 valence electrons. The predicted octanol–water partition coefficient (Wildman–Crippen LogP) is 4.34. The molecule has 8 heteroatoms. The van der Waals surface area contributed by atoms with Crippen molar-refractivity contribution in [3.63, 3.8) is 0 Å². The number of hydrogen-bond donors (Lipinski definition) is 1. The molecule has 1 amide bonds. The maximum absolute atomic E-state index is 14.3. The summed E-state index contributed by atoms with van der Waals surface area (Å²) in [5, 5.41) is 20.8. The number of aromatic nitrogens is 3. The second kappa shape index (κ2) is 9.34. The number of nitriles is 1. The summed E-state index contributed by atoms with van der Waals surface area (Å²) in [7, 11) is 0. The number of para-hydroxylation sites is 1. The van der Waals surface area contributed by atoms with E-state index >= 15 is 0 Å². The molecule has 0 radical (unpaired) electrons. The number of anilines is 1. The van der Waals surface area contributed by atoms with Crippen LogP contribution in [0.2, 0.25) is 0 Å². The lowest BCUT2D eigenvalue weighted by molar-refractivity contribution is -0.113. The molecule has 0 atom stereocenters. The van der Waals surface area contributed by atoms with E-state index in [-0.39, 0.29) is 23.4 Å². The number of carbonyl (C=O) groups is 1. The highest BCUT2D eigenvalue weighted by molar-refractivity contribution is 7.99. The van der Waals surface area contributed by atoms with Crippen molar-refractivity contribution in [1.29, 1.82) is 5.26 Å². The van der Waals surface area contributed by atoms with Crippen LogP contribution >= 0.6 is 11.8 Å². The standard InChI is InChI=1S/C21H20FN5OS/c1-14(2)12-27-20(16-8-4-5-9-17(16)22)25-26-21(27)29-13-19(28)24-18-10-6-3-7-15(18)11-23/h3-10,14H,12-13H2,1-2H3,(H,24,28). The highest BCUT2D eigenvalue weighted by Gasteiger charge is 2.19. The maximum Gasteiger partial charge on any atom is 0.234 e. The summed E-state index contributed by atoms with van der Waals surface area (Å²) in [6.07, 6.45) is 0. The van der Waals surface area contributed by atoms with E-state index in [0.29, 0.717) is 34.3 Å². The summed E-state index contributed by atoms with van der Waals surface area (Å²) in [6, 6.07) is 15.3. The van der Waals surface area contributed by atoms with Gasteiger partial charge < -0.3 is 9.88 Å². The molecule has 0 saturated carbocycles. The second-order valence-corrected chi connectivity index (χ2v) is 7.73. The molecule has 0 aliphatic heterocycles. The van der Waals surface area contributed by atoms with Crippen molar-refractivity contribution >= 4 is 23.4 Å². The Bertz CT molecular complexity index is 1060. The molecule has 0 saturated heterocycles. The van der Waals surface area contributed by atoms with Gasteiger partial charge in [-0.25, -0.2) is 4.39 Å².